The molecule has 3 aromatic carbocycles. The van der Waals surface area contributed by atoms with Crippen LogP contribution >= 0.6 is 0 Å². The van der Waals surface area contributed by atoms with E-state index < -0.39 is 0 Å². The number of fused-ring (bicyclic) bond motifs is 2. The molecular weight excluding hydrogens is 266 g/mol. The van der Waals surface area contributed by atoms with Gasteiger partial charge in [-0.1, -0.05) is 66.7 Å². The molecule has 106 valence electrons. The lowest BCUT2D eigenvalue weighted by Crippen LogP contribution is -1.95. The number of benzene rings is 3. The lowest BCUT2D eigenvalue weighted by molar-refractivity contribution is 1.11. The molecule has 0 aliphatic rings. The van der Waals surface area contributed by atoms with Crippen molar-refractivity contribution in [3.8, 4) is 0 Å². The molecule has 0 spiro atoms. The Balaban J connectivity index is 1.81. The van der Waals surface area contributed by atoms with Gasteiger partial charge in [-0.3, -0.25) is 4.98 Å². The Bertz CT molecular complexity index is 964. The van der Waals surface area contributed by atoms with Crippen LogP contribution in [0.1, 0.15) is 16.8 Å². The summed E-state index contributed by atoms with van der Waals surface area (Å²) in [5, 5.41) is 3.82. The molecule has 0 saturated heterocycles. The molecule has 0 radical (unpaired) electrons. The molecule has 0 aliphatic carbocycles. The molecule has 1 heterocycles. The van der Waals surface area contributed by atoms with Crippen molar-refractivity contribution in [2.24, 2.45) is 0 Å². The minimum atomic E-state index is 0.867. The van der Waals surface area contributed by atoms with Crippen LogP contribution in [0, 0.1) is 6.92 Å². The SMILES string of the molecule is Cc1cccc2ccc(Cc3cccc4ccccc34)nc12. The van der Waals surface area contributed by atoms with Crippen LogP contribution in [0.4, 0.5) is 0 Å². The highest BCUT2D eigenvalue weighted by molar-refractivity contribution is 5.86. The standard InChI is InChI=1S/C21H17N/c1-15-6-4-9-17-12-13-19(22-21(15)17)14-18-10-5-8-16-7-2-3-11-20(16)18/h2-13H,14H2,1H3. The third-order valence-corrected chi connectivity index (χ3v) is 4.23. The van der Waals surface area contributed by atoms with Crippen molar-refractivity contribution in [1.82, 2.24) is 4.98 Å². The van der Waals surface area contributed by atoms with E-state index in [1.54, 1.807) is 0 Å². The van der Waals surface area contributed by atoms with Crippen LogP contribution in [0.2, 0.25) is 0 Å². The Labute approximate surface area is 130 Å². The van der Waals surface area contributed by atoms with Crippen LogP contribution in [0.5, 0.6) is 0 Å². The van der Waals surface area contributed by atoms with Gasteiger partial charge in [0.25, 0.3) is 0 Å². The molecule has 1 aromatic heterocycles. The molecule has 0 saturated carbocycles. The molecule has 22 heavy (non-hydrogen) atoms. The van der Waals surface area contributed by atoms with Gasteiger partial charge in [0.1, 0.15) is 0 Å². The summed E-state index contributed by atoms with van der Waals surface area (Å²) in [6.45, 7) is 2.12. The first-order valence-electron chi connectivity index (χ1n) is 7.63. The summed E-state index contributed by atoms with van der Waals surface area (Å²) in [5.41, 5.74) is 4.80. The Morgan fingerprint density at radius 3 is 2.45 bits per heavy atom. The van der Waals surface area contributed by atoms with Crippen molar-refractivity contribution in [1.29, 1.82) is 0 Å². The number of pyridine rings is 1. The molecule has 0 N–H and O–H groups in total. The minimum Gasteiger partial charge on any atom is -0.252 e. The highest BCUT2D eigenvalue weighted by Gasteiger charge is 2.05. The number of hydrogen-bond donors (Lipinski definition) is 0. The topological polar surface area (TPSA) is 12.9 Å². The number of para-hydroxylation sites is 1. The van der Waals surface area contributed by atoms with Gasteiger partial charge < -0.3 is 0 Å². The van der Waals surface area contributed by atoms with Gasteiger partial charge in [-0.05, 0) is 34.9 Å². The molecule has 0 bridgehead atoms. The molecule has 4 rings (SSSR count). The van der Waals surface area contributed by atoms with E-state index in [-0.39, 0.29) is 0 Å². The molecule has 0 atom stereocenters. The maximum absolute atomic E-state index is 4.88. The van der Waals surface area contributed by atoms with Crippen molar-refractivity contribution in [2.75, 3.05) is 0 Å². The molecule has 0 fully saturated rings. The average Bonchev–Trinajstić information content (AvgIpc) is 2.56. The number of nitrogens with zero attached hydrogens (tertiary/aromatic N) is 1. The van der Waals surface area contributed by atoms with E-state index in [1.165, 1.54) is 27.3 Å². The first kappa shape index (κ1) is 13.0. The Morgan fingerprint density at radius 1 is 0.727 bits per heavy atom. The second-order valence-corrected chi connectivity index (χ2v) is 5.76. The van der Waals surface area contributed by atoms with Gasteiger partial charge >= 0.3 is 0 Å². The molecule has 0 amide bonds. The highest BCUT2D eigenvalue weighted by Crippen LogP contribution is 2.22. The zero-order valence-corrected chi connectivity index (χ0v) is 12.6. The van der Waals surface area contributed by atoms with Crippen LogP contribution in [-0.2, 0) is 6.42 Å². The largest absolute Gasteiger partial charge is 0.252 e. The summed E-state index contributed by atoms with van der Waals surface area (Å²) in [6.07, 6.45) is 0.867. The fourth-order valence-corrected chi connectivity index (χ4v) is 3.08. The van der Waals surface area contributed by atoms with Gasteiger partial charge in [0.15, 0.2) is 0 Å². The lowest BCUT2D eigenvalue weighted by atomic mass is 10.00. The van der Waals surface area contributed by atoms with Crippen molar-refractivity contribution < 1.29 is 0 Å². The van der Waals surface area contributed by atoms with E-state index in [4.69, 9.17) is 4.98 Å². The average molecular weight is 283 g/mol. The minimum absolute atomic E-state index is 0.867. The molecule has 4 aromatic rings. The molecule has 1 heteroatoms. The van der Waals surface area contributed by atoms with Crippen molar-refractivity contribution >= 4 is 21.7 Å². The van der Waals surface area contributed by atoms with Gasteiger partial charge in [0.2, 0.25) is 0 Å². The van der Waals surface area contributed by atoms with Crippen LogP contribution in [0.25, 0.3) is 21.7 Å². The van der Waals surface area contributed by atoms with Crippen molar-refractivity contribution in [3.05, 3.63) is 89.6 Å². The highest BCUT2D eigenvalue weighted by atomic mass is 14.7. The Hall–Kier alpha value is -2.67. The van der Waals surface area contributed by atoms with E-state index in [2.05, 4.69) is 79.7 Å². The van der Waals surface area contributed by atoms with Gasteiger partial charge in [0.05, 0.1) is 5.52 Å². The van der Waals surface area contributed by atoms with Crippen LogP contribution in [0.3, 0.4) is 0 Å². The lowest BCUT2D eigenvalue weighted by Gasteiger charge is -2.08. The summed E-state index contributed by atoms with van der Waals surface area (Å²) in [4.78, 5) is 4.88. The van der Waals surface area contributed by atoms with Crippen molar-refractivity contribution in [2.45, 2.75) is 13.3 Å². The predicted molar refractivity (Wildman–Crippen MR) is 93.2 cm³/mol. The van der Waals surface area contributed by atoms with E-state index in [9.17, 15) is 0 Å². The number of rotatable bonds is 2. The number of aromatic nitrogens is 1. The van der Waals surface area contributed by atoms with Crippen LogP contribution < -0.4 is 0 Å². The predicted octanol–water partition coefficient (Wildman–Crippen LogP) is 5.29. The Kier molecular flexibility index (Phi) is 3.12. The zero-order chi connectivity index (χ0) is 14.9. The quantitative estimate of drug-likeness (QED) is 0.487. The molecular formula is C21H17N. The van der Waals surface area contributed by atoms with Gasteiger partial charge in [0, 0.05) is 17.5 Å². The third-order valence-electron chi connectivity index (χ3n) is 4.23. The summed E-state index contributed by atoms with van der Waals surface area (Å²) in [7, 11) is 0. The van der Waals surface area contributed by atoms with Gasteiger partial charge in [-0.25, -0.2) is 0 Å². The van der Waals surface area contributed by atoms with Gasteiger partial charge in [-0.15, -0.1) is 0 Å². The second-order valence-electron chi connectivity index (χ2n) is 5.76. The summed E-state index contributed by atoms with van der Waals surface area (Å²) in [5.74, 6) is 0. The smallest absolute Gasteiger partial charge is 0.0734 e. The summed E-state index contributed by atoms with van der Waals surface area (Å²) in [6, 6.07) is 25.7. The molecule has 0 unspecified atom stereocenters. The van der Waals surface area contributed by atoms with Crippen LogP contribution in [0.15, 0.2) is 72.8 Å². The van der Waals surface area contributed by atoms with E-state index in [0.29, 0.717) is 0 Å². The zero-order valence-electron chi connectivity index (χ0n) is 12.6. The van der Waals surface area contributed by atoms with E-state index >= 15 is 0 Å². The molecule has 0 aliphatic heterocycles. The first-order valence-corrected chi connectivity index (χ1v) is 7.63. The van der Waals surface area contributed by atoms with Crippen LogP contribution in [-0.4, -0.2) is 4.98 Å². The third kappa shape index (κ3) is 2.25. The Morgan fingerprint density at radius 2 is 1.50 bits per heavy atom. The molecule has 1 nitrogen and oxygen atoms in total. The maximum atomic E-state index is 4.88. The second kappa shape index (κ2) is 5.27. The monoisotopic (exact) mass is 283 g/mol. The van der Waals surface area contributed by atoms with E-state index in [1.807, 2.05) is 0 Å². The van der Waals surface area contributed by atoms with E-state index in [0.717, 1.165) is 17.6 Å². The maximum Gasteiger partial charge on any atom is 0.0734 e. The fourth-order valence-electron chi connectivity index (χ4n) is 3.08. The summed E-state index contributed by atoms with van der Waals surface area (Å²) < 4.78 is 0. The normalized spacial score (nSPS) is 11.1. The number of aryl methyl sites for hydroxylation is 1. The number of hydrogen-bond acceptors (Lipinski definition) is 1. The van der Waals surface area contributed by atoms with Crippen molar-refractivity contribution in [3.63, 3.8) is 0 Å². The van der Waals surface area contributed by atoms with Gasteiger partial charge in [-0.2, -0.15) is 0 Å². The summed E-state index contributed by atoms with van der Waals surface area (Å²) >= 11 is 0. The first-order chi connectivity index (χ1) is 10.8. The fraction of sp³-hybridized carbons (Fsp3) is 0.0952.